The molecule has 1 saturated carbocycles. The molecule has 3 saturated heterocycles. The second kappa shape index (κ2) is 19.6. The second-order valence-corrected chi connectivity index (χ2v) is 12.9. The van der Waals surface area contributed by atoms with E-state index in [9.17, 15) is 5.11 Å². The Bertz CT molecular complexity index is 752. The van der Waals surface area contributed by atoms with Crippen LogP contribution in [-0.2, 0) is 28.4 Å². The Balaban J connectivity index is 1.51. The molecule has 7 nitrogen and oxygen atoms in total. The van der Waals surface area contributed by atoms with Gasteiger partial charge in [-0.1, -0.05) is 50.5 Å². The van der Waals surface area contributed by atoms with Crippen molar-refractivity contribution in [1.29, 1.82) is 0 Å². The highest BCUT2D eigenvalue weighted by Gasteiger charge is 2.45. The van der Waals surface area contributed by atoms with Crippen LogP contribution >= 0.6 is 0 Å². The minimum atomic E-state index is -0.276. The van der Waals surface area contributed by atoms with Gasteiger partial charge in [-0.3, -0.25) is 0 Å². The summed E-state index contributed by atoms with van der Waals surface area (Å²) in [4.78, 5) is 0. The Labute approximate surface area is 255 Å². The average Bonchev–Trinajstić information content (AvgIpc) is 3.32. The molecule has 9 atom stereocenters. The minimum absolute atomic E-state index is 0.0241. The number of aliphatic hydroxyl groups is 1. The first-order chi connectivity index (χ1) is 20.6. The van der Waals surface area contributed by atoms with Gasteiger partial charge in [-0.25, -0.2) is 0 Å². The molecule has 4 aliphatic rings. The summed E-state index contributed by atoms with van der Waals surface area (Å²) in [5.41, 5.74) is 0. The van der Waals surface area contributed by atoms with E-state index in [4.69, 9.17) is 28.4 Å². The van der Waals surface area contributed by atoms with Gasteiger partial charge in [0.2, 0.25) is 0 Å². The zero-order chi connectivity index (χ0) is 29.4. The predicted octanol–water partition coefficient (Wildman–Crippen LogP) is 7.60. The molecule has 3 aliphatic heterocycles. The molecule has 0 spiro atoms. The van der Waals surface area contributed by atoms with Crippen LogP contribution < -0.4 is 0 Å². The predicted molar refractivity (Wildman–Crippen MR) is 165 cm³/mol. The molecule has 42 heavy (non-hydrogen) atoms. The van der Waals surface area contributed by atoms with Crippen LogP contribution in [0.4, 0.5) is 0 Å². The van der Waals surface area contributed by atoms with Crippen LogP contribution in [0.25, 0.3) is 0 Å². The molecule has 242 valence electrons. The third-order valence-electron chi connectivity index (χ3n) is 9.23. The van der Waals surface area contributed by atoms with Crippen molar-refractivity contribution < 1.29 is 33.5 Å². The lowest BCUT2D eigenvalue weighted by Crippen LogP contribution is -2.31. The zero-order valence-electron chi connectivity index (χ0n) is 26.5. The molecule has 1 N–H and O–H groups in total. The molecule has 0 aromatic heterocycles. The molecule has 0 radical (unpaired) electrons. The molecule has 4 rings (SSSR count). The molecule has 0 bridgehead atoms. The second-order valence-electron chi connectivity index (χ2n) is 12.9. The van der Waals surface area contributed by atoms with E-state index in [2.05, 4.69) is 31.2 Å². The number of hydrogen-bond acceptors (Lipinski definition) is 7. The van der Waals surface area contributed by atoms with Crippen molar-refractivity contribution in [2.24, 2.45) is 11.8 Å². The maximum Gasteiger partial charge on any atom is 0.158 e. The van der Waals surface area contributed by atoms with E-state index in [-0.39, 0.29) is 55.1 Å². The number of unbranched alkanes of at least 4 members (excludes halogenated alkanes) is 2. The topological polar surface area (TPSA) is 75.6 Å². The summed E-state index contributed by atoms with van der Waals surface area (Å²) >= 11 is 0. The monoisotopic (exact) mass is 592 g/mol. The number of ether oxygens (including phenoxy) is 6. The zero-order valence-corrected chi connectivity index (χ0v) is 26.5. The highest BCUT2D eigenvalue weighted by atomic mass is 16.7. The van der Waals surface area contributed by atoms with E-state index in [1.54, 1.807) is 0 Å². The van der Waals surface area contributed by atoms with Gasteiger partial charge in [0.1, 0.15) is 0 Å². The van der Waals surface area contributed by atoms with Crippen molar-refractivity contribution in [2.45, 2.75) is 166 Å². The molecule has 0 amide bonds. The normalized spacial score (nSPS) is 34.3. The summed E-state index contributed by atoms with van der Waals surface area (Å²) in [6, 6.07) is 0. The van der Waals surface area contributed by atoms with Gasteiger partial charge < -0.3 is 33.5 Å². The van der Waals surface area contributed by atoms with Gasteiger partial charge in [-0.2, -0.15) is 0 Å². The summed E-state index contributed by atoms with van der Waals surface area (Å²) in [5.74, 6) is 0.459. The van der Waals surface area contributed by atoms with Crippen molar-refractivity contribution >= 4 is 0 Å². The number of hydrogen-bond donors (Lipinski definition) is 1. The Hall–Kier alpha value is -0.800. The first-order valence-corrected chi connectivity index (χ1v) is 17.4. The quantitative estimate of drug-likeness (QED) is 0.138. The van der Waals surface area contributed by atoms with Crippen LogP contribution in [0.3, 0.4) is 0 Å². The van der Waals surface area contributed by atoms with Crippen molar-refractivity contribution in [2.75, 3.05) is 19.8 Å². The van der Waals surface area contributed by atoms with Crippen LogP contribution in [0.15, 0.2) is 24.3 Å². The Morgan fingerprint density at radius 3 is 2.02 bits per heavy atom. The fourth-order valence-electron chi connectivity index (χ4n) is 6.77. The molecular formula is C35H60O7. The number of allylic oxidation sites excluding steroid dienone is 2. The first kappa shape index (κ1) is 34.1. The lowest BCUT2D eigenvalue weighted by atomic mass is 9.89. The highest BCUT2D eigenvalue weighted by molar-refractivity contribution is 5.07. The van der Waals surface area contributed by atoms with Gasteiger partial charge in [0, 0.05) is 32.2 Å². The van der Waals surface area contributed by atoms with Gasteiger partial charge in [0.05, 0.1) is 24.4 Å². The maximum atomic E-state index is 9.71. The summed E-state index contributed by atoms with van der Waals surface area (Å²) in [6.07, 6.45) is 26.3. The van der Waals surface area contributed by atoms with E-state index in [1.807, 2.05) is 6.92 Å². The first-order valence-electron chi connectivity index (χ1n) is 17.4. The third kappa shape index (κ3) is 11.9. The number of rotatable bonds is 17. The molecule has 4 unspecified atom stereocenters. The molecule has 4 fully saturated rings. The molecule has 0 aromatic carbocycles. The fraction of sp³-hybridized carbons (Fsp3) is 0.886. The smallest absolute Gasteiger partial charge is 0.158 e. The average molecular weight is 593 g/mol. The van der Waals surface area contributed by atoms with Crippen LogP contribution in [0, 0.1) is 11.8 Å². The van der Waals surface area contributed by atoms with E-state index in [0.29, 0.717) is 0 Å². The Morgan fingerprint density at radius 1 is 0.786 bits per heavy atom. The van der Waals surface area contributed by atoms with Gasteiger partial charge in [0.15, 0.2) is 18.9 Å². The molecule has 3 heterocycles. The SMILES string of the molecule is CCCCC[C@@H](C=C[C@@H]1[C@@H](CC=CCCC(C)O)[C@@H](OC2CCCCO2)C[C@H]1OC1CCCCO1)OC1CCCCO1. The van der Waals surface area contributed by atoms with Gasteiger partial charge in [0.25, 0.3) is 0 Å². The largest absolute Gasteiger partial charge is 0.393 e. The van der Waals surface area contributed by atoms with Crippen LogP contribution in [0.2, 0.25) is 0 Å². The van der Waals surface area contributed by atoms with Crippen LogP contribution in [0.1, 0.15) is 123 Å². The van der Waals surface area contributed by atoms with Crippen molar-refractivity contribution in [3.8, 4) is 0 Å². The third-order valence-corrected chi connectivity index (χ3v) is 9.23. The van der Waals surface area contributed by atoms with E-state index in [0.717, 1.165) is 110 Å². The van der Waals surface area contributed by atoms with Crippen molar-refractivity contribution in [3.63, 3.8) is 0 Å². The lowest BCUT2D eigenvalue weighted by molar-refractivity contribution is -0.203. The summed E-state index contributed by atoms with van der Waals surface area (Å²) in [5, 5.41) is 9.71. The van der Waals surface area contributed by atoms with Gasteiger partial charge >= 0.3 is 0 Å². The van der Waals surface area contributed by atoms with Crippen LogP contribution in [-0.4, -0.2) is 68.2 Å². The van der Waals surface area contributed by atoms with Gasteiger partial charge in [-0.05, 0) is 96.3 Å². The summed E-state index contributed by atoms with van der Waals surface area (Å²) in [7, 11) is 0. The van der Waals surface area contributed by atoms with Crippen molar-refractivity contribution in [3.05, 3.63) is 24.3 Å². The molecule has 1 aliphatic carbocycles. The highest BCUT2D eigenvalue weighted by Crippen LogP contribution is 2.42. The molecule has 7 heteroatoms. The lowest BCUT2D eigenvalue weighted by Gasteiger charge is -2.30. The standard InChI is InChI=1S/C35H60O7/c1-3-4-6-16-28(40-33-18-9-12-23-37-33)21-22-30-29(17-8-5-7-15-27(2)36)31(41-34-19-10-13-24-38-34)26-32(30)42-35-20-11-14-25-39-35/h5,8,21-22,27-36H,3-4,6-7,9-20,23-26H2,1-2H3/t27?,28-,29+,30+,31-,32+,33?,34?,35?/m0/s1. The van der Waals surface area contributed by atoms with E-state index >= 15 is 0 Å². The maximum absolute atomic E-state index is 9.71. The summed E-state index contributed by atoms with van der Waals surface area (Å²) in [6.45, 7) is 6.45. The van der Waals surface area contributed by atoms with Crippen molar-refractivity contribution in [1.82, 2.24) is 0 Å². The molecular weight excluding hydrogens is 532 g/mol. The number of aliphatic hydroxyl groups excluding tert-OH is 1. The summed E-state index contributed by atoms with van der Waals surface area (Å²) < 4.78 is 38.0. The van der Waals surface area contributed by atoms with E-state index < -0.39 is 0 Å². The minimum Gasteiger partial charge on any atom is -0.393 e. The Morgan fingerprint density at radius 2 is 1.43 bits per heavy atom. The van der Waals surface area contributed by atoms with Gasteiger partial charge in [-0.15, -0.1) is 0 Å². The van der Waals surface area contributed by atoms with Crippen LogP contribution in [0.5, 0.6) is 0 Å². The molecule has 0 aromatic rings. The fourth-order valence-corrected chi connectivity index (χ4v) is 6.77. The Kier molecular flexibility index (Phi) is 15.9. The van der Waals surface area contributed by atoms with E-state index in [1.165, 1.54) is 19.3 Å².